The predicted molar refractivity (Wildman–Crippen MR) is 57.9 cm³/mol. The van der Waals surface area contributed by atoms with Gasteiger partial charge in [0.05, 0.1) is 0 Å². The van der Waals surface area contributed by atoms with E-state index in [0.717, 1.165) is 19.0 Å². The van der Waals surface area contributed by atoms with Crippen molar-refractivity contribution in [2.24, 2.45) is 11.3 Å². The molecule has 0 aliphatic carbocycles. The lowest BCUT2D eigenvalue weighted by atomic mass is 9.78. The second-order valence-corrected chi connectivity index (χ2v) is 5.02. The molecule has 1 aliphatic heterocycles. The summed E-state index contributed by atoms with van der Waals surface area (Å²) < 4.78 is 0. The van der Waals surface area contributed by atoms with Crippen molar-refractivity contribution in [2.45, 2.75) is 27.2 Å². The molecule has 13 heavy (non-hydrogen) atoms. The molecule has 0 amide bonds. The molecule has 78 valence electrons. The standard InChI is InChI=1S/C11H24N2/c1-5-12-9-11(2,3)10-6-7-13(4)8-10/h10,12H,5-9H2,1-4H3. The van der Waals surface area contributed by atoms with Gasteiger partial charge >= 0.3 is 0 Å². The summed E-state index contributed by atoms with van der Waals surface area (Å²) in [6, 6.07) is 0. The van der Waals surface area contributed by atoms with Gasteiger partial charge in [-0.1, -0.05) is 20.8 Å². The lowest BCUT2D eigenvalue weighted by molar-refractivity contribution is 0.208. The predicted octanol–water partition coefficient (Wildman–Crippen LogP) is 1.57. The fourth-order valence-electron chi connectivity index (χ4n) is 2.16. The van der Waals surface area contributed by atoms with Gasteiger partial charge in [-0.2, -0.15) is 0 Å². The van der Waals surface area contributed by atoms with E-state index in [4.69, 9.17) is 0 Å². The van der Waals surface area contributed by atoms with Gasteiger partial charge in [-0.05, 0) is 37.9 Å². The third kappa shape index (κ3) is 2.96. The van der Waals surface area contributed by atoms with E-state index in [-0.39, 0.29) is 0 Å². The van der Waals surface area contributed by atoms with Crippen LogP contribution in [-0.4, -0.2) is 38.1 Å². The van der Waals surface area contributed by atoms with Crippen LogP contribution in [0.1, 0.15) is 27.2 Å². The maximum absolute atomic E-state index is 3.46. The smallest absolute Gasteiger partial charge is 0.00127 e. The summed E-state index contributed by atoms with van der Waals surface area (Å²) in [5.41, 5.74) is 0.459. The minimum absolute atomic E-state index is 0.459. The van der Waals surface area contributed by atoms with Crippen LogP contribution in [0.5, 0.6) is 0 Å². The van der Waals surface area contributed by atoms with Gasteiger partial charge < -0.3 is 10.2 Å². The second-order valence-electron chi connectivity index (χ2n) is 5.02. The van der Waals surface area contributed by atoms with Gasteiger partial charge in [0.1, 0.15) is 0 Å². The van der Waals surface area contributed by atoms with E-state index in [0.29, 0.717) is 5.41 Å². The molecular weight excluding hydrogens is 160 g/mol. The maximum atomic E-state index is 3.46. The minimum Gasteiger partial charge on any atom is -0.316 e. The molecule has 0 aromatic heterocycles. The molecule has 1 fully saturated rings. The average molecular weight is 184 g/mol. The van der Waals surface area contributed by atoms with Crippen LogP contribution in [-0.2, 0) is 0 Å². The average Bonchev–Trinajstić information content (AvgIpc) is 2.49. The van der Waals surface area contributed by atoms with E-state index < -0.39 is 0 Å². The molecule has 1 N–H and O–H groups in total. The van der Waals surface area contributed by atoms with Crippen molar-refractivity contribution in [1.29, 1.82) is 0 Å². The molecule has 1 unspecified atom stereocenters. The van der Waals surface area contributed by atoms with Crippen LogP contribution < -0.4 is 5.32 Å². The zero-order valence-electron chi connectivity index (χ0n) is 9.56. The molecule has 0 saturated carbocycles. The Balaban J connectivity index is 2.39. The fraction of sp³-hybridized carbons (Fsp3) is 1.00. The number of hydrogen-bond acceptors (Lipinski definition) is 2. The van der Waals surface area contributed by atoms with Crippen LogP contribution in [0, 0.1) is 11.3 Å². The molecule has 1 aliphatic rings. The molecule has 2 heteroatoms. The fourth-order valence-corrected chi connectivity index (χ4v) is 2.16. The molecule has 0 bridgehead atoms. The van der Waals surface area contributed by atoms with Gasteiger partial charge in [-0.25, -0.2) is 0 Å². The molecule has 1 heterocycles. The molecule has 0 spiro atoms. The van der Waals surface area contributed by atoms with Crippen molar-refractivity contribution in [3.63, 3.8) is 0 Å². The van der Waals surface area contributed by atoms with Crippen molar-refractivity contribution < 1.29 is 0 Å². The summed E-state index contributed by atoms with van der Waals surface area (Å²) in [5, 5.41) is 3.46. The van der Waals surface area contributed by atoms with Crippen molar-refractivity contribution in [2.75, 3.05) is 33.2 Å². The van der Waals surface area contributed by atoms with Gasteiger partial charge in [-0.15, -0.1) is 0 Å². The van der Waals surface area contributed by atoms with Crippen LogP contribution in [0.2, 0.25) is 0 Å². The van der Waals surface area contributed by atoms with E-state index in [9.17, 15) is 0 Å². The molecule has 2 nitrogen and oxygen atoms in total. The Hall–Kier alpha value is -0.0800. The molecule has 1 rings (SSSR count). The second kappa shape index (κ2) is 4.43. The van der Waals surface area contributed by atoms with Crippen LogP contribution in [0.25, 0.3) is 0 Å². The molecule has 1 atom stereocenters. The lowest BCUT2D eigenvalue weighted by Crippen LogP contribution is -2.36. The molecule has 0 aromatic carbocycles. The molecule has 0 radical (unpaired) electrons. The lowest BCUT2D eigenvalue weighted by Gasteiger charge is -2.31. The van der Waals surface area contributed by atoms with Gasteiger partial charge in [0.25, 0.3) is 0 Å². The van der Waals surface area contributed by atoms with Crippen LogP contribution in [0.4, 0.5) is 0 Å². The number of hydrogen-bond donors (Lipinski definition) is 1. The minimum atomic E-state index is 0.459. The number of rotatable bonds is 4. The normalized spacial score (nSPS) is 25.4. The van der Waals surface area contributed by atoms with E-state index in [1.807, 2.05) is 0 Å². The summed E-state index contributed by atoms with van der Waals surface area (Å²) in [6.45, 7) is 11.8. The topological polar surface area (TPSA) is 15.3 Å². The summed E-state index contributed by atoms with van der Waals surface area (Å²) in [5.74, 6) is 0.872. The van der Waals surface area contributed by atoms with Crippen molar-refractivity contribution in [3.8, 4) is 0 Å². The van der Waals surface area contributed by atoms with Gasteiger partial charge in [0.2, 0.25) is 0 Å². The third-order valence-electron chi connectivity index (χ3n) is 3.33. The van der Waals surface area contributed by atoms with Crippen LogP contribution >= 0.6 is 0 Å². The Morgan fingerprint density at radius 3 is 2.62 bits per heavy atom. The Bertz CT molecular complexity index is 154. The zero-order chi connectivity index (χ0) is 9.90. The Morgan fingerprint density at radius 1 is 1.46 bits per heavy atom. The van der Waals surface area contributed by atoms with Crippen molar-refractivity contribution >= 4 is 0 Å². The van der Waals surface area contributed by atoms with E-state index >= 15 is 0 Å². The quantitative estimate of drug-likeness (QED) is 0.713. The van der Waals surface area contributed by atoms with Gasteiger partial charge in [0.15, 0.2) is 0 Å². The van der Waals surface area contributed by atoms with Crippen LogP contribution in [0.3, 0.4) is 0 Å². The maximum Gasteiger partial charge on any atom is 0.00127 e. The van der Waals surface area contributed by atoms with E-state index in [2.05, 4.69) is 38.0 Å². The van der Waals surface area contributed by atoms with Gasteiger partial charge in [-0.3, -0.25) is 0 Å². The number of nitrogens with zero attached hydrogens (tertiary/aromatic N) is 1. The number of nitrogens with one attached hydrogen (secondary N) is 1. The largest absolute Gasteiger partial charge is 0.316 e. The number of likely N-dealkylation sites (tertiary alicyclic amines) is 1. The Labute approximate surface area is 82.7 Å². The molecule has 1 saturated heterocycles. The Morgan fingerprint density at radius 2 is 2.15 bits per heavy atom. The highest BCUT2D eigenvalue weighted by Gasteiger charge is 2.33. The first-order valence-corrected chi connectivity index (χ1v) is 5.45. The monoisotopic (exact) mass is 184 g/mol. The summed E-state index contributed by atoms with van der Waals surface area (Å²) >= 11 is 0. The first-order chi connectivity index (χ1) is 6.06. The highest BCUT2D eigenvalue weighted by atomic mass is 15.1. The molecular formula is C11H24N2. The van der Waals surface area contributed by atoms with Crippen molar-refractivity contribution in [3.05, 3.63) is 0 Å². The van der Waals surface area contributed by atoms with Crippen molar-refractivity contribution in [1.82, 2.24) is 10.2 Å². The summed E-state index contributed by atoms with van der Waals surface area (Å²) in [6.07, 6.45) is 1.37. The highest BCUT2D eigenvalue weighted by Crippen LogP contribution is 2.32. The van der Waals surface area contributed by atoms with E-state index in [1.165, 1.54) is 19.5 Å². The Kier molecular flexibility index (Phi) is 3.74. The van der Waals surface area contributed by atoms with Crippen LogP contribution in [0.15, 0.2) is 0 Å². The highest BCUT2D eigenvalue weighted by molar-refractivity contribution is 4.86. The zero-order valence-corrected chi connectivity index (χ0v) is 9.56. The SMILES string of the molecule is CCNCC(C)(C)C1CCN(C)C1. The first kappa shape index (κ1) is 11.0. The summed E-state index contributed by atoms with van der Waals surface area (Å²) in [7, 11) is 2.23. The van der Waals surface area contributed by atoms with E-state index in [1.54, 1.807) is 0 Å². The third-order valence-corrected chi connectivity index (χ3v) is 3.33. The first-order valence-electron chi connectivity index (χ1n) is 5.45. The summed E-state index contributed by atoms with van der Waals surface area (Å²) in [4.78, 5) is 2.44. The molecule has 0 aromatic rings. The van der Waals surface area contributed by atoms with Gasteiger partial charge in [0, 0.05) is 13.1 Å².